The van der Waals surface area contributed by atoms with E-state index in [-0.39, 0.29) is 23.9 Å². The summed E-state index contributed by atoms with van der Waals surface area (Å²) < 4.78 is 7.38. The number of pyridine rings is 2. The van der Waals surface area contributed by atoms with Gasteiger partial charge in [0.25, 0.3) is 0 Å². The van der Waals surface area contributed by atoms with Crippen molar-refractivity contribution < 1.29 is 19.7 Å². The molecule has 3 aromatic heterocycles. The van der Waals surface area contributed by atoms with Gasteiger partial charge in [-0.3, -0.25) is 14.3 Å². The highest BCUT2D eigenvalue weighted by Crippen LogP contribution is 2.35. The fourth-order valence-corrected chi connectivity index (χ4v) is 4.88. The number of anilines is 1. The van der Waals surface area contributed by atoms with Gasteiger partial charge in [0.2, 0.25) is 11.3 Å². The molecule has 2 N–H and O–H groups in total. The van der Waals surface area contributed by atoms with Crippen LogP contribution in [0.25, 0.3) is 16.7 Å². The number of aliphatic hydroxyl groups excluding tert-OH is 1. The predicted octanol–water partition coefficient (Wildman–Crippen LogP) is 3.72. The Morgan fingerprint density at radius 3 is 2.70 bits per heavy atom. The van der Waals surface area contributed by atoms with Gasteiger partial charge in [0.1, 0.15) is 17.2 Å². The Bertz CT molecular complexity index is 1540. The van der Waals surface area contributed by atoms with Crippen LogP contribution in [0.2, 0.25) is 10.0 Å². The molecule has 0 spiro atoms. The number of carbonyl (C=O) groups is 1. The van der Waals surface area contributed by atoms with Gasteiger partial charge in [-0.25, -0.2) is 14.8 Å². The second-order valence-corrected chi connectivity index (χ2v) is 9.30. The third-order valence-electron chi connectivity index (χ3n) is 6.23. The number of ether oxygens (including phenoxy) is 1. The lowest BCUT2D eigenvalue weighted by Crippen LogP contribution is -2.34. The summed E-state index contributed by atoms with van der Waals surface area (Å²) in [5, 5.41) is 19.8. The molecule has 1 aromatic carbocycles. The number of nitrogens with zero attached hydrogens (tertiary/aromatic N) is 5. The van der Waals surface area contributed by atoms with Crippen LogP contribution in [0.15, 0.2) is 53.8 Å². The number of fused-ring (bicyclic) bond motifs is 1. The molecule has 0 aliphatic carbocycles. The molecule has 4 heterocycles. The van der Waals surface area contributed by atoms with Crippen molar-refractivity contribution in [2.24, 2.45) is 0 Å². The minimum Gasteiger partial charge on any atom is -0.477 e. The first-order valence-corrected chi connectivity index (χ1v) is 12.2. The smallest absolute Gasteiger partial charge is 0.341 e. The van der Waals surface area contributed by atoms with Crippen molar-refractivity contribution in [3.63, 3.8) is 0 Å². The summed E-state index contributed by atoms with van der Waals surface area (Å²) in [4.78, 5) is 39.5. The number of benzene rings is 1. The third kappa shape index (κ3) is 4.83. The van der Waals surface area contributed by atoms with Gasteiger partial charge in [-0.2, -0.15) is 0 Å². The normalized spacial score (nSPS) is 15.3. The summed E-state index contributed by atoms with van der Waals surface area (Å²) >= 11 is 12.8. The maximum Gasteiger partial charge on any atom is 0.341 e. The number of aliphatic hydroxyl groups is 1. The Morgan fingerprint density at radius 1 is 1.16 bits per heavy atom. The number of rotatable bonds is 7. The van der Waals surface area contributed by atoms with Gasteiger partial charge in [-0.15, -0.1) is 0 Å². The van der Waals surface area contributed by atoms with Crippen molar-refractivity contribution in [1.29, 1.82) is 0 Å². The lowest BCUT2D eigenvalue weighted by molar-refractivity contribution is 0.0695. The van der Waals surface area contributed by atoms with Gasteiger partial charge in [0, 0.05) is 24.3 Å². The predicted molar refractivity (Wildman–Crippen MR) is 138 cm³/mol. The molecule has 37 heavy (non-hydrogen) atoms. The Kier molecular flexibility index (Phi) is 6.96. The summed E-state index contributed by atoms with van der Waals surface area (Å²) in [6, 6.07) is 6.63. The van der Waals surface area contributed by atoms with E-state index < -0.39 is 17.0 Å². The Morgan fingerprint density at radius 2 is 2.00 bits per heavy atom. The van der Waals surface area contributed by atoms with E-state index in [0.29, 0.717) is 46.0 Å². The van der Waals surface area contributed by atoms with Crippen LogP contribution in [0.4, 0.5) is 5.69 Å². The van der Waals surface area contributed by atoms with Gasteiger partial charge < -0.3 is 19.8 Å². The summed E-state index contributed by atoms with van der Waals surface area (Å²) in [6.45, 7) is 0.738. The van der Waals surface area contributed by atoms with Crippen LogP contribution in [0.1, 0.15) is 28.9 Å². The Balaban J connectivity index is 1.59. The molecule has 0 amide bonds. The zero-order chi connectivity index (χ0) is 26.1. The number of carboxylic acid groups (broad SMARTS) is 1. The van der Waals surface area contributed by atoms with Gasteiger partial charge in [0.05, 0.1) is 47.0 Å². The molecule has 1 aliphatic heterocycles. The Hall–Kier alpha value is -3.73. The molecular formula is C25H21Cl2N5O5. The van der Waals surface area contributed by atoms with Gasteiger partial charge in [0.15, 0.2) is 5.82 Å². The van der Waals surface area contributed by atoms with Crippen LogP contribution in [-0.4, -0.2) is 54.9 Å². The van der Waals surface area contributed by atoms with E-state index in [9.17, 15) is 19.8 Å². The first-order valence-electron chi connectivity index (χ1n) is 11.4. The van der Waals surface area contributed by atoms with E-state index >= 15 is 0 Å². The van der Waals surface area contributed by atoms with Crippen LogP contribution in [-0.2, 0) is 6.61 Å². The maximum absolute atomic E-state index is 13.0. The summed E-state index contributed by atoms with van der Waals surface area (Å²) in [6.07, 6.45) is 7.36. The van der Waals surface area contributed by atoms with Crippen molar-refractivity contribution in [3.8, 4) is 11.7 Å². The SMILES string of the molecule is O=C(O)c1cn(-c2cnc(CO)cn2)c2cc(N3CCC[C@@H]3COc3ncccc3Cl)c(Cl)cc2c1=O. The molecule has 12 heteroatoms. The number of aromatic nitrogens is 4. The van der Waals surface area contributed by atoms with Crippen molar-refractivity contribution in [2.45, 2.75) is 25.5 Å². The topological polar surface area (TPSA) is 131 Å². The molecular weight excluding hydrogens is 521 g/mol. The van der Waals surface area contributed by atoms with E-state index in [1.54, 1.807) is 24.4 Å². The van der Waals surface area contributed by atoms with Gasteiger partial charge >= 0.3 is 5.97 Å². The molecule has 0 bridgehead atoms. The molecule has 1 saturated heterocycles. The lowest BCUT2D eigenvalue weighted by atomic mass is 10.1. The van der Waals surface area contributed by atoms with Crippen molar-refractivity contribution in [3.05, 3.63) is 80.6 Å². The Labute approximate surface area is 220 Å². The number of hydrogen-bond acceptors (Lipinski definition) is 8. The first kappa shape index (κ1) is 24.9. The van der Waals surface area contributed by atoms with E-state index in [2.05, 4.69) is 19.9 Å². The zero-order valence-electron chi connectivity index (χ0n) is 19.3. The van der Waals surface area contributed by atoms with E-state index in [0.717, 1.165) is 12.8 Å². The molecule has 10 nitrogen and oxygen atoms in total. The average Bonchev–Trinajstić information content (AvgIpc) is 3.36. The van der Waals surface area contributed by atoms with Crippen LogP contribution < -0.4 is 15.1 Å². The average molecular weight is 542 g/mol. The highest BCUT2D eigenvalue weighted by Gasteiger charge is 2.28. The van der Waals surface area contributed by atoms with Gasteiger partial charge in [-0.05, 0) is 37.1 Å². The van der Waals surface area contributed by atoms with Crippen molar-refractivity contribution in [1.82, 2.24) is 19.5 Å². The number of carboxylic acids is 1. The maximum atomic E-state index is 13.0. The second-order valence-electron chi connectivity index (χ2n) is 8.48. The van der Waals surface area contributed by atoms with Crippen LogP contribution in [0.5, 0.6) is 5.88 Å². The van der Waals surface area contributed by atoms with Crippen molar-refractivity contribution in [2.75, 3.05) is 18.1 Å². The molecule has 1 aliphatic rings. The van der Waals surface area contributed by atoms with E-state index in [4.69, 9.17) is 27.9 Å². The number of halogens is 2. The van der Waals surface area contributed by atoms with Crippen LogP contribution >= 0.6 is 23.2 Å². The summed E-state index contributed by atoms with van der Waals surface area (Å²) in [5.74, 6) is -0.740. The quantitative estimate of drug-likeness (QED) is 0.359. The molecule has 1 fully saturated rings. The van der Waals surface area contributed by atoms with E-state index in [1.807, 2.05) is 0 Å². The molecule has 190 valence electrons. The molecule has 0 unspecified atom stereocenters. The highest BCUT2D eigenvalue weighted by atomic mass is 35.5. The largest absolute Gasteiger partial charge is 0.477 e. The monoisotopic (exact) mass is 541 g/mol. The van der Waals surface area contributed by atoms with Gasteiger partial charge in [-0.1, -0.05) is 23.2 Å². The molecule has 0 saturated carbocycles. The molecule has 4 aromatic rings. The minimum atomic E-state index is -1.37. The fourth-order valence-electron chi connectivity index (χ4n) is 4.43. The fraction of sp³-hybridized carbons (Fsp3) is 0.240. The van der Waals surface area contributed by atoms with E-state index in [1.165, 1.54) is 29.2 Å². The zero-order valence-corrected chi connectivity index (χ0v) is 20.9. The highest BCUT2D eigenvalue weighted by molar-refractivity contribution is 6.34. The minimum absolute atomic E-state index is 0.0323. The van der Waals surface area contributed by atoms with Crippen LogP contribution in [0, 0.1) is 0 Å². The first-order chi connectivity index (χ1) is 17.9. The molecule has 1 atom stereocenters. The third-order valence-corrected chi connectivity index (χ3v) is 6.82. The number of aromatic carboxylic acids is 1. The second kappa shape index (κ2) is 10.3. The molecule has 5 rings (SSSR count). The summed E-state index contributed by atoms with van der Waals surface area (Å²) in [7, 11) is 0. The van der Waals surface area contributed by atoms with Crippen molar-refractivity contribution >= 4 is 45.8 Å². The van der Waals surface area contributed by atoms with Crippen LogP contribution in [0.3, 0.4) is 0 Å². The summed E-state index contributed by atoms with van der Waals surface area (Å²) in [5.41, 5.74) is 0.356. The standard InChI is InChI=1S/C25H21Cl2N5O5/c26-18-4-1-5-28-24(18)37-13-15-3-2-6-31(15)21-8-20-16(7-19(21)27)23(34)17(25(35)36)11-32(20)22-10-29-14(12-33)9-30-22/h1,4-5,7-11,15,33H,2-3,6,12-13H2,(H,35,36)/t15-/m1/s1. The number of hydrogen-bond donors (Lipinski definition) is 2. The molecule has 0 radical (unpaired) electrons. The lowest BCUT2D eigenvalue weighted by Gasteiger charge is -2.28.